The summed E-state index contributed by atoms with van der Waals surface area (Å²) in [6.07, 6.45) is 2.53. The number of nitrogens with one attached hydrogen (secondary N) is 1. The summed E-state index contributed by atoms with van der Waals surface area (Å²) in [7, 11) is 3.31. The molecule has 94 valence electrons. The summed E-state index contributed by atoms with van der Waals surface area (Å²) in [6, 6.07) is 6.31. The Morgan fingerprint density at radius 3 is 2.71 bits per heavy atom. The van der Waals surface area contributed by atoms with Crippen LogP contribution in [0, 0.1) is 0 Å². The Labute approximate surface area is 102 Å². The van der Waals surface area contributed by atoms with Gasteiger partial charge in [-0.3, -0.25) is 0 Å². The summed E-state index contributed by atoms with van der Waals surface area (Å²) < 4.78 is 10.5. The fourth-order valence-electron chi connectivity index (χ4n) is 1.82. The predicted molar refractivity (Wildman–Crippen MR) is 67.5 cm³/mol. The van der Waals surface area contributed by atoms with E-state index >= 15 is 0 Å². The van der Waals surface area contributed by atoms with Crippen molar-refractivity contribution in [3.8, 4) is 11.5 Å². The van der Waals surface area contributed by atoms with Crippen LogP contribution in [0.4, 0.5) is 0 Å². The molecule has 0 bridgehead atoms. The van der Waals surface area contributed by atoms with Gasteiger partial charge in [0.2, 0.25) is 0 Å². The van der Waals surface area contributed by atoms with E-state index in [1.54, 1.807) is 14.2 Å². The van der Waals surface area contributed by atoms with Crippen LogP contribution in [-0.2, 0) is 0 Å². The van der Waals surface area contributed by atoms with Crippen LogP contribution in [0.5, 0.6) is 11.5 Å². The Morgan fingerprint density at radius 2 is 2.12 bits per heavy atom. The zero-order valence-corrected chi connectivity index (χ0v) is 10.4. The first-order valence-electron chi connectivity index (χ1n) is 5.95. The Hall–Kier alpha value is -1.26. The molecule has 17 heavy (non-hydrogen) atoms. The maximum Gasteiger partial charge on any atom is 0.123 e. The van der Waals surface area contributed by atoms with Gasteiger partial charge >= 0.3 is 0 Å². The number of ether oxygens (including phenoxy) is 2. The summed E-state index contributed by atoms with van der Waals surface area (Å²) in [5, 5.41) is 3.42. The van der Waals surface area contributed by atoms with Crippen molar-refractivity contribution < 1.29 is 9.47 Å². The molecule has 3 N–H and O–H groups in total. The summed E-state index contributed by atoms with van der Waals surface area (Å²) in [5.74, 6) is 1.62. The van der Waals surface area contributed by atoms with Crippen LogP contribution in [0.2, 0.25) is 0 Å². The van der Waals surface area contributed by atoms with Gasteiger partial charge in [-0.05, 0) is 31.0 Å². The lowest BCUT2D eigenvalue weighted by Gasteiger charge is -2.17. The van der Waals surface area contributed by atoms with E-state index in [0.717, 1.165) is 23.6 Å². The van der Waals surface area contributed by atoms with Crippen LogP contribution in [0.15, 0.2) is 18.2 Å². The van der Waals surface area contributed by atoms with Gasteiger partial charge in [0.1, 0.15) is 11.5 Å². The Bertz CT molecular complexity index is 378. The van der Waals surface area contributed by atoms with Gasteiger partial charge in [-0.2, -0.15) is 0 Å². The number of rotatable bonds is 6. The summed E-state index contributed by atoms with van der Waals surface area (Å²) >= 11 is 0. The first kappa shape index (κ1) is 12.2. The maximum absolute atomic E-state index is 6.17. The van der Waals surface area contributed by atoms with Crippen molar-refractivity contribution >= 4 is 0 Å². The first-order chi connectivity index (χ1) is 8.24. The van der Waals surface area contributed by atoms with Gasteiger partial charge in [0.05, 0.1) is 14.2 Å². The zero-order chi connectivity index (χ0) is 12.3. The first-order valence-corrected chi connectivity index (χ1v) is 5.95. The molecule has 0 radical (unpaired) electrons. The Balaban J connectivity index is 2.08. The zero-order valence-electron chi connectivity index (χ0n) is 10.4. The second kappa shape index (κ2) is 5.38. The van der Waals surface area contributed by atoms with Gasteiger partial charge in [-0.15, -0.1) is 0 Å². The van der Waals surface area contributed by atoms with E-state index in [1.807, 2.05) is 18.2 Å². The minimum Gasteiger partial charge on any atom is -0.497 e. The normalized spacial score (nSPS) is 16.6. The van der Waals surface area contributed by atoms with Crippen molar-refractivity contribution in [3.05, 3.63) is 23.8 Å². The third kappa shape index (κ3) is 3.11. The quantitative estimate of drug-likeness (QED) is 0.785. The smallest absolute Gasteiger partial charge is 0.123 e. The van der Waals surface area contributed by atoms with Crippen LogP contribution in [0.1, 0.15) is 24.4 Å². The SMILES string of the molecule is COc1ccc(OC)c(C(N)CNC2CC2)c1. The molecule has 1 atom stereocenters. The van der Waals surface area contributed by atoms with E-state index in [-0.39, 0.29) is 6.04 Å². The molecule has 0 spiro atoms. The minimum atomic E-state index is -0.0688. The van der Waals surface area contributed by atoms with Gasteiger partial charge in [0.25, 0.3) is 0 Å². The average molecular weight is 236 g/mol. The third-order valence-corrected chi connectivity index (χ3v) is 3.04. The molecule has 0 amide bonds. The molecule has 0 heterocycles. The number of benzene rings is 1. The van der Waals surface area contributed by atoms with E-state index in [9.17, 15) is 0 Å². The molecular formula is C13H20N2O2. The van der Waals surface area contributed by atoms with E-state index in [4.69, 9.17) is 15.2 Å². The number of methoxy groups -OCH3 is 2. The highest BCUT2D eigenvalue weighted by molar-refractivity contribution is 5.42. The molecule has 1 aliphatic rings. The Morgan fingerprint density at radius 1 is 1.35 bits per heavy atom. The van der Waals surface area contributed by atoms with Crippen molar-refractivity contribution in [2.45, 2.75) is 24.9 Å². The van der Waals surface area contributed by atoms with Crippen molar-refractivity contribution in [1.29, 1.82) is 0 Å². The lowest BCUT2D eigenvalue weighted by atomic mass is 10.1. The molecule has 0 aliphatic heterocycles. The summed E-state index contributed by atoms with van der Waals surface area (Å²) in [5.41, 5.74) is 7.16. The molecule has 1 saturated carbocycles. The molecule has 1 unspecified atom stereocenters. The van der Waals surface area contributed by atoms with Crippen molar-refractivity contribution in [1.82, 2.24) is 5.32 Å². The van der Waals surface area contributed by atoms with Crippen LogP contribution in [0.3, 0.4) is 0 Å². The molecule has 4 nitrogen and oxygen atoms in total. The standard InChI is InChI=1S/C13H20N2O2/c1-16-10-5-6-13(17-2)11(7-10)12(14)8-15-9-3-4-9/h5-7,9,12,15H,3-4,8,14H2,1-2H3. The largest absolute Gasteiger partial charge is 0.497 e. The molecule has 1 fully saturated rings. The van der Waals surface area contributed by atoms with Crippen molar-refractivity contribution in [2.75, 3.05) is 20.8 Å². The fourth-order valence-corrected chi connectivity index (χ4v) is 1.82. The van der Waals surface area contributed by atoms with Crippen LogP contribution < -0.4 is 20.5 Å². The van der Waals surface area contributed by atoms with E-state index in [1.165, 1.54) is 12.8 Å². The maximum atomic E-state index is 6.17. The van der Waals surface area contributed by atoms with Crippen molar-refractivity contribution in [3.63, 3.8) is 0 Å². The minimum absolute atomic E-state index is 0.0688. The molecule has 1 aromatic carbocycles. The molecule has 4 heteroatoms. The molecule has 0 saturated heterocycles. The lowest BCUT2D eigenvalue weighted by Crippen LogP contribution is -2.28. The van der Waals surface area contributed by atoms with Gasteiger partial charge in [-0.1, -0.05) is 0 Å². The molecule has 0 aromatic heterocycles. The van der Waals surface area contributed by atoms with Crippen LogP contribution in [0.25, 0.3) is 0 Å². The second-order valence-corrected chi connectivity index (χ2v) is 4.40. The van der Waals surface area contributed by atoms with E-state index in [2.05, 4.69) is 5.32 Å². The van der Waals surface area contributed by atoms with Gasteiger partial charge in [0, 0.05) is 24.2 Å². The molecule has 1 aliphatic carbocycles. The molecule has 1 aromatic rings. The Kier molecular flexibility index (Phi) is 3.86. The van der Waals surface area contributed by atoms with Crippen LogP contribution in [-0.4, -0.2) is 26.8 Å². The number of hydrogen-bond acceptors (Lipinski definition) is 4. The second-order valence-electron chi connectivity index (χ2n) is 4.40. The average Bonchev–Trinajstić information content (AvgIpc) is 3.19. The van der Waals surface area contributed by atoms with E-state index in [0.29, 0.717) is 6.04 Å². The van der Waals surface area contributed by atoms with Crippen molar-refractivity contribution in [2.24, 2.45) is 5.73 Å². The number of hydrogen-bond donors (Lipinski definition) is 2. The highest BCUT2D eigenvalue weighted by Crippen LogP contribution is 2.28. The topological polar surface area (TPSA) is 56.5 Å². The highest BCUT2D eigenvalue weighted by Gasteiger charge is 2.22. The van der Waals surface area contributed by atoms with Gasteiger partial charge in [0.15, 0.2) is 0 Å². The summed E-state index contributed by atoms with van der Waals surface area (Å²) in [4.78, 5) is 0. The highest BCUT2D eigenvalue weighted by atomic mass is 16.5. The summed E-state index contributed by atoms with van der Waals surface area (Å²) in [6.45, 7) is 0.772. The molecule has 2 rings (SSSR count). The van der Waals surface area contributed by atoms with Crippen LogP contribution >= 0.6 is 0 Å². The molecular weight excluding hydrogens is 216 g/mol. The van der Waals surface area contributed by atoms with Gasteiger partial charge < -0.3 is 20.5 Å². The predicted octanol–water partition coefficient (Wildman–Crippen LogP) is 1.46. The van der Waals surface area contributed by atoms with Gasteiger partial charge in [-0.25, -0.2) is 0 Å². The van der Waals surface area contributed by atoms with E-state index < -0.39 is 0 Å². The fraction of sp³-hybridized carbons (Fsp3) is 0.538. The monoisotopic (exact) mass is 236 g/mol. The lowest BCUT2D eigenvalue weighted by molar-refractivity contribution is 0.394. The third-order valence-electron chi connectivity index (χ3n) is 3.04. The number of nitrogens with two attached hydrogens (primary N) is 1.